The molecule has 2 aromatic rings. The molecule has 148 valence electrons. The van der Waals surface area contributed by atoms with Crippen LogP contribution in [-0.4, -0.2) is 70.3 Å². The molecule has 0 unspecified atom stereocenters. The summed E-state index contributed by atoms with van der Waals surface area (Å²) in [5.41, 5.74) is 0.676. The Bertz CT molecular complexity index is 792. The van der Waals surface area contributed by atoms with E-state index in [1.165, 1.54) is 4.88 Å². The molecule has 0 radical (unpaired) electrons. The highest BCUT2D eigenvalue weighted by atomic mass is 32.1. The quantitative estimate of drug-likeness (QED) is 0.750. The molecule has 0 atom stereocenters. The van der Waals surface area contributed by atoms with Crippen LogP contribution < -0.4 is 0 Å². The predicted octanol–water partition coefficient (Wildman–Crippen LogP) is 2.48. The van der Waals surface area contributed by atoms with E-state index in [1.54, 1.807) is 35.9 Å². The molecular weight excluding hydrogens is 372 g/mol. The summed E-state index contributed by atoms with van der Waals surface area (Å²) in [6.45, 7) is 4.14. The molecule has 4 rings (SSSR count). The largest absolute Gasteiger partial charge is 0.337 e. The van der Waals surface area contributed by atoms with Crippen molar-refractivity contribution < 1.29 is 9.59 Å². The van der Waals surface area contributed by atoms with Crippen molar-refractivity contribution in [3.63, 3.8) is 0 Å². The third kappa shape index (κ3) is 4.77. The smallest absolute Gasteiger partial charge is 0.254 e. The van der Waals surface area contributed by atoms with Gasteiger partial charge in [0.1, 0.15) is 0 Å². The first kappa shape index (κ1) is 19.1. The predicted molar refractivity (Wildman–Crippen MR) is 109 cm³/mol. The van der Waals surface area contributed by atoms with E-state index in [1.807, 2.05) is 11.0 Å². The standard InChI is InChI=1S/C21H26N4O2S/c26-20(25(18-4-5-18)15-19-3-1-14-28-19)16-23-10-2-11-24(13-12-23)21(27)17-6-8-22-9-7-17/h1,3,6-9,14,18H,2,4-5,10-13,15-16H2. The number of pyridine rings is 1. The van der Waals surface area contributed by atoms with Gasteiger partial charge in [0, 0.05) is 55.1 Å². The Hall–Kier alpha value is -2.25. The summed E-state index contributed by atoms with van der Waals surface area (Å²) in [4.78, 5) is 37.0. The van der Waals surface area contributed by atoms with Crippen LogP contribution in [0.2, 0.25) is 0 Å². The Kier molecular flexibility index (Phi) is 6.02. The number of rotatable bonds is 6. The first-order valence-corrected chi connectivity index (χ1v) is 10.8. The molecule has 2 fully saturated rings. The highest BCUT2D eigenvalue weighted by Gasteiger charge is 2.33. The molecule has 1 aliphatic carbocycles. The lowest BCUT2D eigenvalue weighted by Crippen LogP contribution is -2.42. The maximum Gasteiger partial charge on any atom is 0.254 e. The van der Waals surface area contributed by atoms with Crippen LogP contribution in [0.25, 0.3) is 0 Å². The summed E-state index contributed by atoms with van der Waals surface area (Å²) in [7, 11) is 0. The minimum atomic E-state index is 0.0490. The van der Waals surface area contributed by atoms with Gasteiger partial charge in [-0.25, -0.2) is 0 Å². The van der Waals surface area contributed by atoms with E-state index in [2.05, 4.69) is 26.2 Å². The molecule has 3 heterocycles. The monoisotopic (exact) mass is 398 g/mol. The number of nitrogens with zero attached hydrogens (tertiary/aromatic N) is 4. The second-order valence-corrected chi connectivity index (χ2v) is 8.52. The average molecular weight is 399 g/mol. The van der Waals surface area contributed by atoms with Gasteiger partial charge in [0.25, 0.3) is 5.91 Å². The average Bonchev–Trinajstić information content (AvgIpc) is 3.48. The first-order chi connectivity index (χ1) is 13.7. The second kappa shape index (κ2) is 8.84. The third-order valence-corrected chi connectivity index (χ3v) is 6.24. The fourth-order valence-electron chi connectivity index (χ4n) is 3.67. The van der Waals surface area contributed by atoms with E-state index in [0.29, 0.717) is 24.7 Å². The van der Waals surface area contributed by atoms with E-state index in [-0.39, 0.29) is 11.8 Å². The van der Waals surface area contributed by atoms with E-state index in [9.17, 15) is 9.59 Å². The van der Waals surface area contributed by atoms with E-state index in [4.69, 9.17) is 0 Å². The number of carbonyl (C=O) groups is 2. The van der Waals surface area contributed by atoms with E-state index in [0.717, 1.165) is 45.4 Å². The van der Waals surface area contributed by atoms with Gasteiger partial charge in [0.05, 0.1) is 13.1 Å². The van der Waals surface area contributed by atoms with Crippen LogP contribution in [0.1, 0.15) is 34.5 Å². The number of hydrogen-bond acceptors (Lipinski definition) is 5. The van der Waals surface area contributed by atoms with Gasteiger partial charge >= 0.3 is 0 Å². The van der Waals surface area contributed by atoms with Crippen LogP contribution in [0.5, 0.6) is 0 Å². The number of amides is 2. The van der Waals surface area contributed by atoms with Crippen molar-refractivity contribution in [2.45, 2.75) is 31.8 Å². The molecule has 2 aliphatic rings. The molecule has 2 amide bonds. The number of aromatic nitrogens is 1. The zero-order valence-electron chi connectivity index (χ0n) is 16.0. The van der Waals surface area contributed by atoms with Gasteiger partial charge < -0.3 is 9.80 Å². The first-order valence-electron chi connectivity index (χ1n) is 9.94. The van der Waals surface area contributed by atoms with Gasteiger partial charge in [-0.15, -0.1) is 11.3 Å². The Balaban J connectivity index is 1.32. The summed E-state index contributed by atoms with van der Waals surface area (Å²) < 4.78 is 0. The van der Waals surface area contributed by atoms with Crippen molar-refractivity contribution in [2.75, 3.05) is 32.7 Å². The Morgan fingerprint density at radius 2 is 1.93 bits per heavy atom. The van der Waals surface area contributed by atoms with Crippen molar-refractivity contribution in [3.8, 4) is 0 Å². The maximum atomic E-state index is 13.0. The molecule has 1 saturated heterocycles. The topological polar surface area (TPSA) is 56.8 Å². The van der Waals surface area contributed by atoms with Gasteiger partial charge in [0.2, 0.25) is 5.91 Å². The summed E-state index contributed by atoms with van der Waals surface area (Å²) >= 11 is 1.71. The summed E-state index contributed by atoms with van der Waals surface area (Å²) in [5.74, 6) is 0.262. The molecule has 1 saturated carbocycles. The van der Waals surface area contributed by atoms with E-state index < -0.39 is 0 Å². The van der Waals surface area contributed by atoms with Crippen molar-refractivity contribution >= 4 is 23.2 Å². The minimum Gasteiger partial charge on any atom is -0.337 e. The van der Waals surface area contributed by atoms with Gasteiger partial charge in [0.15, 0.2) is 0 Å². The molecule has 0 bridgehead atoms. The molecular formula is C21H26N4O2S. The Labute approximate surface area is 169 Å². The van der Waals surface area contributed by atoms with Crippen LogP contribution in [0, 0.1) is 0 Å². The molecule has 2 aromatic heterocycles. The summed E-state index contributed by atoms with van der Waals surface area (Å²) in [5, 5.41) is 2.06. The number of hydrogen-bond donors (Lipinski definition) is 0. The lowest BCUT2D eigenvalue weighted by atomic mass is 10.2. The molecule has 7 heteroatoms. The fraction of sp³-hybridized carbons (Fsp3) is 0.476. The molecule has 6 nitrogen and oxygen atoms in total. The van der Waals surface area contributed by atoms with Crippen LogP contribution in [0.4, 0.5) is 0 Å². The molecule has 28 heavy (non-hydrogen) atoms. The van der Waals surface area contributed by atoms with Gasteiger partial charge in [-0.1, -0.05) is 6.07 Å². The Morgan fingerprint density at radius 1 is 1.11 bits per heavy atom. The minimum absolute atomic E-state index is 0.0490. The normalized spacial score (nSPS) is 17.9. The lowest BCUT2D eigenvalue weighted by molar-refractivity contribution is -0.133. The van der Waals surface area contributed by atoms with Gasteiger partial charge in [-0.05, 0) is 42.8 Å². The van der Waals surface area contributed by atoms with Crippen LogP contribution >= 0.6 is 11.3 Å². The molecule has 1 aliphatic heterocycles. The summed E-state index contributed by atoms with van der Waals surface area (Å²) in [6, 6.07) is 8.06. The zero-order valence-corrected chi connectivity index (χ0v) is 16.8. The van der Waals surface area contributed by atoms with Gasteiger partial charge in [-0.3, -0.25) is 19.5 Å². The van der Waals surface area contributed by atoms with Crippen LogP contribution in [0.15, 0.2) is 42.0 Å². The van der Waals surface area contributed by atoms with Crippen molar-refractivity contribution in [1.29, 1.82) is 0 Å². The summed E-state index contributed by atoms with van der Waals surface area (Å²) in [6.07, 6.45) is 6.42. The fourth-order valence-corrected chi connectivity index (χ4v) is 4.37. The highest BCUT2D eigenvalue weighted by Crippen LogP contribution is 2.29. The van der Waals surface area contributed by atoms with Crippen LogP contribution in [-0.2, 0) is 11.3 Å². The van der Waals surface area contributed by atoms with Gasteiger partial charge in [-0.2, -0.15) is 0 Å². The van der Waals surface area contributed by atoms with E-state index >= 15 is 0 Å². The highest BCUT2D eigenvalue weighted by molar-refractivity contribution is 7.09. The molecule has 0 spiro atoms. The van der Waals surface area contributed by atoms with Crippen molar-refractivity contribution in [3.05, 3.63) is 52.5 Å². The maximum absolute atomic E-state index is 13.0. The Morgan fingerprint density at radius 3 is 2.64 bits per heavy atom. The van der Waals surface area contributed by atoms with Crippen molar-refractivity contribution in [1.82, 2.24) is 19.7 Å². The van der Waals surface area contributed by atoms with Crippen molar-refractivity contribution in [2.24, 2.45) is 0 Å². The lowest BCUT2D eigenvalue weighted by Gasteiger charge is -2.26. The molecule has 0 N–H and O–H groups in total. The number of carbonyl (C=O) groups excluding carboxylic acids is 2. The molecule has 0 aromatic carbocycles. The second-order valence-electron chi connectivity index (χ2n) is 7.49. The third-order valence-electron chi connectivity index (χ3n) is 5.38. The van der Waals surface area contributed by atoms with Crippen LogP contribution in [0.3, 0.4) is 0 Å². The SMILES string of the molecule is O=C(c1ccncc1)N1CCCN(CC(=O)N(Cc2cccs2)C2CC2)CC1. The zero-order chi connectivity index (χ0) is 19.3. The number of thiophene rings is 1.